The van der Waals surface area contributed by atoms with Gasteiger partial charge in [0.05, 0.1) is 6.26 Å². The van der Waals surface area contributed by atoms with E-state index in [1.807, 2.05) is 18.2 Å². The number of aromatic nitrogens is 3. The predicted molar refractivity (Wildman–Crippen MR) is 116 cm³/mol. The van der Waals surface area contributed by atoms with Crippen molar-refractivity contribution in [1.29, 1.82) is 0 Å². The van der Waals surface area contributed by atoms with E-state index in [-0.39, 0.29) is 5.95 Å². The lowest BCUT2D eigenvalue weighted by molar-refractivity contribution is 0.603. The third kappa shape index (κ3) is 4.35. The van der Waals surface area contributed by atoms with Gasteiger partial charge in [-0.05, 0) is 41.5 Å². The van der Waals surface area contributed by atoms with E-state index in [0.717, 1.165) is 23.1 Å². The molecule has 0 radical (unpaired) electrons. The summed E-state index contributed by atoms with van der Waals surface area (Å²) in [5.41, 5.74) is 2.36. The van der Waals surface area contributed by atoms with Crippen LogP contribution < -0.4 is 10.0 Å². The third-order valence-electron chi connectivity index (χ3n) is 4.18. The molecule has 0 bridgehead atoms. The van der Waals surface area contributed by atoms with Gasteiger partial charge >= 0.3 is 0 Å². The number of allylic oxidation sites excluding steroid dienone is 1. The highest BCUT2D eigenvalue weighted by molar-refractivity contribution is 7.91. The van der Waals surface area contributed by atoms with E-state index in [1.54, 1.807) is 35.0 Å². The summed E-state index contributed by atoms with van der Waals surface area (Å²) in [6.07, 6.45) is 2.95. The van der Waals surface area contributed by atoms with E-state index >= 15 is 0 Å². The molecule has 2 aromatic carbocycles. The predicted octanol–water partition coefficient (Wildman–Crippen LogP) is 4.67. The molecule has 2 heterocycles. The van der Waals surface area contributed by atoms with Crippen molar-refractivity contribution in [2.45, 2.75) is 6.04 Å². The molecule has 0 unspecified atom stereocenters. The lowest BCUT2D eigenvalue weighted by Gasteiger charge is -2.25. The Hall–Kier alpha value is -2.26. The topological polar surface area (TPSA) is 88.9 Å². The summed E-state index contributed by atoms with van der Waals surface area (Å²) in [6.45, 7) is 0. The molecule has 0 amide bonds. The Morgan fingerprint density at radius 1 is 1.07 bits per heavy atom. The van der Waals surface area contributed by atoms with Crippen molar-refractivity contribution in [3.63, 3.8) is 0 Å². The van der Waals surface area contributed by atoms with Crippen molar-refractivity contribution in [3.05, 3.63) is 74.7 Å². The summed E-state index contributed by atoms with van der Waals surface area (Å²) in [5, 5.41) is 9.05. The zero-order chi connectivity index (χ0) is 20.8. The summed E-state index contributed by atoms with van der Waals surface area (Å²) in [5.74, 6) is 0.315. The first kappa shape index (κ1) is 20.0. The van der Waals surface area contributed by atoms with Gasteiger partial charge in [0.25, 0.3) is 5.95 Å². The first-order chi connectivity index (χ1) is 13.7. The number of fused-ring (bicyclic) bond motifs is 1. The van der Waals surface area contributed by atoms with Crippen LogP contribution in [0.2, 0.25) is 15.1 Å². The SMILES string of the molecule is CS(=O)(=O)Nc1nc2n(n1)[C@@H](c1ccc(Cl)cc1Cl)C=C(c1ccc(Cl)cc1)N2. The fraction of sp³-hybridized carbons (Fsp3) is 0.111. The van der Waals surface area contributed by atoms with Gasteiger partial charge in [-0.15, -0.1) is 5.10 Å². The van der Waals surface area contributed by atoms with Crippen molar-refractivity contribution in [3.8, 4) is 0 Å². The Labute approximate surface area is 182 Å². The van der Waals surface area contributed by atoms with E-state index in [1.165, 1.54) is 0 Å². The number of hydrogen-bond donors (Lipinski definition) is 2. The largest absolute Gasteiger partial charge is 0.324 e. The minimum atomic E-state index is -3.53. The minimum Gasteiger partial charge on any atom is -0.324 e. The van der Waals surface area contributed by atoms with E-state index in [0.29, 0.717) is 21.0 Å². The Balaban J connectivity index is 1.84. The lowest BCUT2D eigenvalue weighted by Crippen LogP contribution is -2.20. The number of halogens is 3. The van der Waals surface area contributed by atoms with E-state index < -0.39 is 16.1 Å². The molecule has 1 aliphatic heterocycles. The zero-order valence-corrected chi connectivity index (χ0v) is 18.0. The molecule has 0 saturated carbocycles. The molecule has 0 fully saturated rings. The van der Waals surface area contributed by atoms with E-state index in [4.69, 9.17) is 34.8 Å². The van der Waals surface area contributed by atoms with Crippen molar-refractivity contribution >= 4 is 62.4 Å². The number of rotatable bonds is 4. The second-order valence-corrected chi connectivity index (χ2v) is 9.43. The first-order valence-corrected chi connectivity index (χ1v) is 11.4. The van der Waals surface area contributed by atoms with Gasteiger partial charge in [-0.25, -0.2) is 13.1 Å². The van der Waals surface area contributed by atoms with E-state index in [2.05, 4.69) is 20.1 Å². The van der Waals surface area contributed by atoms with Crippen LogP contribution in [0.4, 0.5) is 11.9 Å². The third-order valence-corrected chi connectivity index (χ3v) is 5.55. The highest BCUT2D eigenvalue weighted by Gasteiger charge is 2.27. The quantitative estimate of drug-likeness (QED) is 0.578. The highest BCUT2D eigenvalue weighted by Crippen LogP contribution is 2.37. The van der Waals surface area contributed by atoms with Gasteiger partial charge in [-0.1, -0.05) is 53.0 Å². The number of nitrogens with zero attached hydrogens (tertiary/aromatic N) is 3. The van der Waals surface area contributed by atoms with Gasteiger partial charge in [0, 0.05) is 20.8 Å². The first-order valence-electron chi connectivity index (χ1n) is 8.34. The number of sulfonamides is 1. The molecule has 0 saturated heterocycles. The number of nitrogens with one attached hydrogen (secondary N) is 2. The van der Waals surface area contributed by atoms with Crippen LogP contribution in [-0.2, 0) is 10.0 Å². The van der Waals surface area contributed by atoms with Crippen LogP contribution in [0.5, 0.6) is 0 Å². The van der Waals surface area contributed by atoms with Crippen LogP contribution in [0.25, 0.3) is 5.70 Å². The molecule has 3 aromatic rings. The molecule has 29 heavy (non-hydrogen) atoms. The standard InChI is InChI=1S/C18H14Cl3N5O2S/c1-29(27,28)25-17-23-18-22-15(10-2-4-11(19)5-3-10)9-16(26(18)24-17)13-7-6-12(20)8-14(13)21/h2-9,16H,1H3,(H2,22,23,24,25)/t16-/m1/s1. The van der Waals surface area contributed by atoms with Gasteiger partial charge in [0.1, 0.15) is 6.04 Å². The molecular formula is C18H14Cl3N5O2S. The molecule has 1 aliphatic rings. The van der Waals surface area contributed by atoms with Gasteiger partial charge in [0.15, 0.2) is 0 Å². The number of hydrogen-bond acceptors (Lipinski definition) is 5. The molecule has 0 spiro atoms. The fourth-order valence-corrected chi connectivity index (χ4v) is 4.03. The summed E-state index contributed by atoms with van der Waals surface area (Å²) in [7, 11) is -3.53. The van der Waals surface area contributed by atoms with E-state index in [9.17, 15) is 8.42 Å². The maximum atomic E-state index is 11.6. The molecule has 1 atom stereocenters. The summed E-state index contributed by atoms with van der Waals surface area (Å²) < 4.78 is 27.0. The normalized spacial score (nSPS) is 16.0. The highest BCUT2D eigenvalue weighted by atomic mass is 35.5. The molecule has 7 nitrogen and oxygen atoms in total. The van der Waals surface area contributed by atoms with Crippen LogP contribution in [0.1, 0.15) is 17.2 Å². The van der Waals surface area contributed by atoms with Crippen molar-refractivity contribution in [1.82, 2.24) is 14.8 Å². The number of anilines is 2. The smallest absolute Gasteiger partial charge is 0.257 e. The Morgan fingerprint density at radius 2 is 1.76 bits per heavy atom. The molecule has 0 aliphatic carbocycles. The molecular weight excluding hydrogens is 457 g/mol. The van der Waals surface area contributed by atoms with Crippen LogP contribution in [0, 0.1) is 0 Å². The molecule has 1 aromatic heterocycles. The molecule has 11 heteroatoms. The Morgan fingerprint density at radius 3 is 2.41 bits per heavy atom. The van der Waals surface area contributed by atoms with Gasteiger partial charge < -0.3 is 5.32 Å². The lowest BCUT2D eigenvalue weighted by atomic mass is 10.0. The molecule has 4 rings (SSSR count). The monoisotopic (exact) mass is 469 g/mol. The van der Waals surface area contributed by atoms with Crippen molar-refractivity contribution < 1.29 is 8.42 Å². The Bertz CT molecular complexity index is 1220. The summed E-state index contributed by atoms with van der Waals surface area (Å²) >= 11 is 18.5. The minimum absolute atomic E-state index is 0.0455. The zero-order valence-electron chi connectivity index (χ0n) is 14.9. The Kier molecular flexibility index (Phi) is 5.20. The molecule has 150 valence electrons. The van der Waals surface area contributed by atoms with Crippen LogP contribution >= 0.6 is 34.8 Å². The van der Waals surface area contributed by atoms with Crippen molar-refractivity contribution in [2.75, 3.05) is 16.3 Å². The fourth-order valence-electron chi connectivity index (χ4n) is 2.96. The van der Waals surface area contributed by atoms with Gasteiger partial charge in [-0.3, -0.25) is 4.72 Å². The number of benzene rings is 2. The second kappa shape index (κ2) is 7.53. The van der Waals surface area contributed by atoms with Crippen molar-refractivity contribution in [2.24, 2.45) is 0 Å². The average molecular weight is 471 g/mol. The van der Waals surface area contributed by atoms with Crippen LogP contribution in [0.15, 0.2) is 48.5 Å². The maximum absolute atomic E-state index is 11.6. The van der Waals surface area contributed by atoms with Gasteiger partial charge in [0.2, 0.25) is 16.0 Å². The van der Waals surface area contributed by atoms with Gasteiger partial charge in [-0.2, -0.15) is 4.98 Å². The summed E-state index contributed by atoms with van der Waals surface area (Å²) in [6, 6.07) is 12.0. The van der Waals surface area contributed by atoms with Crippen LogP contribution in [0.3, 0.4) is 0 Å². The molecule has 2 N–H and O–H groups in total. The van der Waals surface area contributed by atoms with Crippen LogP contribution in [-0.4, -0.2) is 29.4 Å². The summed E-state index contributed by atoms with van der Waals surface area (Å²) in [4.78, 5) is 4.27. The maximum Gasteiger partial charge on any atom is 0.257 e. The average Bonchev–Trinajstić information content (AvgIpc) is 3.02. The second-order valence-electron chi connectivity index (χ2n) is 6.40.